The van der Waals surface area contributed by atoms with Gasteiger partial charge in [-0.3, -0.25) is 9.59 Å². The number of aromatic nitrogens is 2. The molecule has 1 N–H and O–H groups in total. The largest absolute Gasteiger partial charge is 0.480 e. The lowest BCUT2D eigenvalue weighted by Crippen LogP contribution is -2.46. The van der Waals surface area contributed by atoms with Gasteiger partial charge in [-0.05, 0) is 18.9 Å². The number of hydrogen-bond acceptors (Lipinski definition) is 6. The molecular formula is C20H21N3O4S. The topological polar surface area (TPSA) is 100 Å². The van der Waals surface area contributed by atoms with Crippen LogP contribution >= 0.6 is 11.8 Å². The molecule has 0 radical (unpaired) electrons. The summed E-state index contributed by atoms with van der Waals surface area (Å²) in [5.74, 6) is -2.27. The van der Waals surface area contributed by atoms with E-state index in [1.54, 1.807) is 49.6 Å². The van der Waals surface area contributed by atoms with Gasteiger partial charge < -0.3 is 10.0 Å². The van der Waals surface area contributed by atoms with E-state index in [0.717, 1.165) is 11.8 Å². The van der Waals surface area contributed by atoms with E-state index in [1.807, 2.05) is 6.07 Å². The van der Waals surface area contributed by atoms with E-state index in [4.69, 9.17) is 0 Å². The van der Waals surface area contributed by atoms with Gasteiger partial charge in [-0.15, -0.1) is 0 Å². The maximum Gasteiger partial charge on any atom is 0.326 e. The molecule has 1 aromatic carbocycles. The molecule has 28 heavy (non-hydrogen) atoms. The van der Waals surface area contributed by atoms with Crippen molar-refractivity contribution in [3.8, 4) is 0 Å². The fraction of sp³-hybridized carbons (Fsp3) is 0.350. The van der Waals surface area contributed by atoms with Crippen LogP contribution in [-0.4, -0.2) is 55.5 Å². The molecule has 2 heterocycles. The van der Waals surface area contributed by atoms with E-state index < -0.39 is 23.2 Å². The number of carbonyl (C=O) groups excluding carboxylic acids is 2. The van der Waals surface area contributed by atoms with Gasteiger partial charge in [-0.2, -0.15) is 0 Å². The number of benzene rings is 1. The highest BCUT2D eigenvalue weighted by molar-refractivity contribution is 8.00. The Kier molecular flexibility index (Phi) is 6.41. The molecule has 3 atom stereocenters. The molecule has 2 aromatic rings. The molecule has 146 valence electrons. The number of rotatable bonds is 7. The van der Waals surface area contributed by atoms with Gasteiger partial charge in [0.1, 0.15) is 6.04 Å². The fourth-order valence-electron chi connectivity index (χ4n) is 3.29. The molecule has 1 aromatic heterocycles. The molecule has 0 bridgehead atoms. The Morgan fingerprint density at radius 2 is 1.82 bits per heavy atom. The predicted molar refractivity (Wildman–Crippen MR) is 104 cm³/mol. The molecule has 0 spiro atoms. The lowest BCUT2D eigenvalue weighted by Gasteiger charge is -2.28. The number of aliphatic carboxylic acids is 1. The zero-order chi connectivity index (χ0) is 20.1. The van der Waals surface area contributed by atoms with E-state index in [9.17, 15) is 19.5 Å². The maximum atomic E-state index is 13.2. The minimum Gasteiger partial charge on any atom is -0.480 e. The van der Waals surface area contributed by atoms with Crippen LogP contribution in [0.3, 0.4) is 0 Å². The molecule has 3 rings (SSSR count). The van der Waals surface area contributed by atoms with Crippen molar-refractivity contribution in [3.05, 3.63) is 54.4 Å². The Balaban J connectivity index is 1.88. The van der Waals surface area contributed by atoms with Crippen LogP contribution in [0.25, 0.3) is 0 Å². The fourth-order valence-corrected chi connectivity index (χ4v) is 4.32. The third-order valence-corrected chi connectivity index (χ3v) is 6.05. The van der Waals surface area contributed by atoms with E-state index in [2.05, 4.69) is 9.97 Å². The summed E-state index contributed by atoms with van der Waals surface area (Å²) in [6, 6.07) is 9.59. The highest BCUT2D eigenvalue weighted by Crippen LogP contribution is 2.31. The minimum absolute atomic E-state index is 0.204. The average molecular weight is 399 g/mol. The Bertz CT molecular complexity index is 847. The molecule has 7 nitrogen and oxygen atoms in total. The number of ketones is 1. The lowest BCUT2D eigenvalue weighted by atomic mass is 9.97. The summed E-state index contributed by atoms with van der Waals surface area (Å²) in [7, 11) is 0. The van der Waals surface area contributed by atoms with Gasteiger partial charge in [0.05, 0.1) is 11.2 Å². The van der Waals surface area contributed by atoms with Crippen LogP contribution in [0, 0.1) is 5.92 Å². The number of Topliss-reactive ketones (excluding diaryl/α,β-unsaturated/α-hetero) is 1. The van der Waals surface area contributed by atoms with E-state index in [1.165, 1.54) is 4.90 Å². The van der Waals surface area contributed by atoms with Gasteiger partial charge in [0, 0.05) is 24.5 Å². The summed E-state index contributed by atoms with van der Waals surface area (Å²) >= 11 is 1.13. The van der Waals surface area contributed by atoms with Crippen LogP contribution in [0.1, 0.15) is 30.1 Å². The number of thioether (sulfide) groups is 1. The second-order valence-electron chi connectivity index (χ2n) is 6.62. The molecule has 1 aliphatic rings. The summed E-state index contributed by atoms with van der Waals surface area (Å²) in [6.07, 6.45) is 4.22. The highest BCUT2D eigenvalue weighted by atomic mass is 32.2. The summed E-state index contributed by atoms with van der Waals surface area (Å²) in [5.41, 5.74) is 0.492. The molecule has 0 unspecified atom stereocenters. The maximum absolute atomic E-state index is 13.2. The zero-order valence-electron chi connectivity index (χ0n) is 15.4. The normalized spacial score (nSPS) is 18.5. The summed E-state index contributed by atoms with van der Waals surface area (Å²) in [6.45, 7) is 2.06. The van der Waals surface area contributed by atoms with Crippen LogP contribution in [0.2, 0.25) is 0 Å². The standard InChI is InChI=1S/C20H21N3O4S/c1-13(18(25)23-12-5-9-15(23)19(26)27)17(28-20-21-10-6-11-22-20)16(24)14-7-3-2-4-8-14/h2-4,6-8,10-11,13,15,17H,5,9,12H2,1H3,(H,26,27)/t13-,15+,17-/m1/s1. The Labute approximate surface area is 167 Å². The number of carboxylic acid groups (broad SMARTS) is 1. The first-order chi connectivity index (χ1) is 13.5. The predicted octanol–water partition coefficient (Wildman–Crippen LogP) is 2.53. The number of nitrogens with zero attached hydrogens (tertiary/aromatic N) is 3. The monoisotopic (exact) mass is 399 g/mol. The summed E-state index contributed by atoms with van der Waals surface area (Å²) < 4.78 is 0. The Morgan fingerprint density at radius 3 is 2.46 bits per heavy atom. The van der Waals surface area contributed by atoms with Crippen molar-refractivity contribution in [2.24, 2.45) is 5.92 Å². The molecule has 8 heteroatoms. The second-order valence-corrected chi connectivity index (χ2v) is 7.73. The average Bonchev–Trinajstić information content (AvgIpc) is 3.22. The SMILES string of the molecule is C[C@@H](C(=O)N1CCC[C@H]1C(=O)O)[C@@H](Sc1ncccn1)C(=O)c1ccccc1. The number of carboxylic acids is 1. The number of hydrogen-bond donors (Lipinski definition) is 1. The van der Waals surface area contributed by atoms with Gasteiger partial charge in [0.15, 0.2) is 10.9 Å². The van der Waals surface area contributed by atoms with Gasteiger partial charge >= 0.3 is 5.97 Å². The Hall–Kier alpha value is -2.74. The molecular weight excluding hydrogens is 378 g/mol. The van der Waals surface area contributed by atoms with E-state index in [-0.39, 0.29) is 11.7 Å². The third kappa shape index (κ3) is 4.39. The van der Waals surface area contributed by atoms with Gasteiger partial charge in [-0.1, -0.05) is 49.0 Å². The number of carbonyl (C=O) groups is 3. The van der Waals surface area contributed by atoms with Crippen LogP contribution in [0.4, 0.5) is 0 Å². The van der Waals surface area contributed by atoms with Gasteiger partial charge in [-0.25, -0.2) is 14.8 Å². The highest BCUT2D eigenvalue weighted by Gasteiger charge is 2.40. The minimum atomic E-state index is -1.01. The summed E-state index contributed by atoms with van der Waals surface area (Å²) in [4.78, 5) is 47.4. The van der Waals surface area contributed by atoms with E-state index in [0.29, 0.717) is 30.1 Å². The zero-order valence-corrected chi connectivity index (χ0v) is 16.2. The number of amides is 1. The van der Waals surface area contributed by atoms with Crippen molar-refractivity contribution < 1.29 is 19.5 Å². The van der Waals surface area contributed by atoms with Crippen LogP contribution in [0.5, 0.6) is 0 Å². The van der Waals surface area contributed by atoms with Crippen molar-refractivity contribution >= 4 is 29.4 Å². The molecule has 0 aliphatic carbocycles. The first-order valence-corrected chi connectivity index (χ1v) is 9.93. The third-order valence-electron chi connectivity index (χ3n) is 4.76. The van der Waals surface area contributed by atoms with Crippen LogP contribution in [0.15, 0.2) is 53.9 Å². The van der Waals surface area contributed by atoms with Crippen LogP contribution in [-0.2, 0) is 9.59 Å². The van der Waals surface area contributed by atoms with Crippen molar-refractivity contribution in [2.75, 3.05) is 6.54 Å². The second kappa shape index (κ2) is 8.97. The van der Waals surface area contributed by atoms with Crippen molar-refractivity contribution in [2.45, 2.75) is 36.2 Å². The summed E-state index contributed by atoms with van der Waals surface area (Å²) in [5, 5.41) is 9.03. The first-order valence-electron chi connectivity index (χ1n) is 9.05. The van der Waals surface area contributed by atoms with Crippen molar-refractivity contribution in [1.82, 2.24) is 14.9 Å². The smallest absolute Gasteiger partial charge is 0.326 e. The van der Waals surface area contributed by atoms with Gasteiger partial charge in [0.25, 0.3) is 0 Å². The first kappa shape index (κ1) is 20.0. The number of likely N-dealkylation sites (tertiary alicyclic amines) is 1. The van der Waals surface area contributed by atoms with E-state index >= 15 is 0 Å². The van der Waals surface area contributed by atoms with Crippen molar-refractivity contribution in [1.29, 1.82) is 0 Å². The molecule has 1 aliphatic heterocycles. The van der Waals surface area contributed by atoms with Crippen LogP contribution < -0.4 is 0 Å². The molecule has 0 saturated carbocycles. The molecule has 1 amide bonds. The molecule has 1 saturated heterocycles. The molecule has 1 fully saturated rings. The van der Waals surface area contributed by atoms with Crippen molar-refractivity contribution in [3.63, 3.8) is 0 Å². The van der Waals surface area contributed by atoms with Gasteiger partial charge in [0.2, 0.25) is 5.91 Å². The Morgan fingerprint density at radius 1 is 1.14 bits per heavy atom. The lowest BCUT2D eigenvalue weighted by molar-refractivity contribution is -0.149. The quantitative estimate of drug-likeness (QED) is 0.434.